The molecule has 0 aromatic heterocycles. The van der Waals surface area contributed by atoms with Gasteiger partial charge in [0.2, 0.25) is 0 Å². The molecule has 3 rings (SSSR count). The maximum atomic E-state index is 14.9. The van der Waals surface area contributed by atoms with Crippen molar-refractivity contribution in [2.45, 2.75) is 52.0 Å². The summed E-state index contributed by atoms with van der Waals surface area (Å²) < 4.78 is 20.9. The normalized spacial score (nSPS) is 12.0. The van der Waals surface area contributed by atoms with E-state index in [1.54, 1.807) is 6.07 Å². The highest BCUT2D eigenvalue weighted by atomic mass is 35.5. The average Bonchev–Trinajstić information content (AvgIpc) is 2.84. The van der Waals surface area contributed by atoms with E-state index in [0.29, 0.717) is 12.2 Å². The Morgan fingerprint density at radius 3 is 2.47 bits per heavy atom. The van der Waals surface area contributed by atoms with Crippen LogP contribution < -0.4 is 10.1 Å². The first-order chi connectivity index (χ1) is 16.5. The van der Waals surface area contributed by atoms with E-state index in [1.807, 2.05) is 24.3 Å². The fourth-order valence-corrected chi connectivity index (χ4v) is 4.49. The lowest BCUT2D eigenvalue weighted by atomic mass is 9.87. The molecule has 0 amide bonds. The number of aryl methyl sites for hydroxylation is 2. The number of benzene rings is 3. The lowest BCUT2D eigenvalue weighted by Gasteiger charge is -2.20. The molecule has 34 heavy (non-hydrogen) atoms. The van der Waals surface area contributed by atoms with Gasteiger partial charge in [-0.05, 0) is 104 Å². The predicted octanol–water partition coefficient (Wildman–Crippen LogP) is 7.64. The molecule has 3 aromatic carbocycles. The molecule has 0 saturated heterocycles. The SMILES string of the molecule is Cc1ccc(CC(CCCOc2ccc(CNCCCP)cc2)c2cccc(Cl)c2F)cc1C. The summed E-state index contributed by atoms with van der Waals surface area (Å²) in [5.41, 5.74) is 5.68. The lowest BCUT2D eigenvalue weighted by molar-refractivity contribution is 0.300. The summed E-state index contributed by atoms with van der Waals surface area (Å²) in [4.78, 5) is 0. The molecular weight excluding hydrogens is 464 g/mol. The zero-order chi connectivity index (χ0) is 24.3. The highest BCUT2D eigenvalue weighted by Gasteiger charge is 2.18. The molecule has 0 aliphatic rings. The highest BCUT2D eigenvalue weighted by Crippen LogP contribution is 2.31. The number of nitrogens with one attached hydrogen (secondary N) is 1. The second-order valence-corrected chi connectivity index (χ2v) is 9.90. The molecular formula is C29H36ClFNOP. The Morgan fingerprint density at radius 2 is 1.74 bits per heavy atom. The molecule has 2 atom stereocenters. The largest absolute Gasteiger partial charge is 0.494 e. The topological polar surface area (TPSA) is 21.3 Å². The first-order valence-corrected chi connectivity index (χ1v) is 13.3. The molecule has 0 aliphatic carbocycles. The molecule has 0 bridgehead atoms. The van der Waals surface area contributed by atoms with Gasteiger partial charge in [0.25, 0.3) is 0 Å². The minimum atomic E-state index is -0.305. The third-order valence-corrected chi connectivity index (χ3v) is 6.95. The molecule has 1 N–H and O–H groups in total. The molecule has 0 radical (unpaired) electrons. The van der Waals surface area contributed by atoms with Crippen LogP contribution in [0, 0.1) is 19.7 Å². The fourth-order valence-electron chi connectivity index (χ4n) is 4.10. The second-order valence-electron chi connectivity index (χ2n) is 8.92. The van der Waals surface area contributed by atoms with Crippen LogP contribution in [-0.2, 0) is 13.0 Å². The summed E-state index contributed by atoms with van der Waals surface area (Å²) in [5.74, 6) is 0.605. The summed E-state index contributed by atoms with van der Waals surface area (Å²) in [6.45, 7) is 6.72. The zero-order valence-corrected chi connectivity index (χ0v) is 22.2. The maximum Gasteiger partial charge on any atom is 0.145 e. The van der Waals surface area contributed by atoms with Crippen LogP contribution in [0.1, 0.15) is 53.0 Å². The van der Waals surface area contributed by atoms with Crippen LogP contribution in [0.15, 0.2) is 60.7 Å². The molecule has 2 unspecified atom stereocenters. The van der Waals surface area contributed by atoms with E-state index >= 15 is 0 Å². The van der Waals surface area contributed by atoms with E-state index in [-0.39, 0.29) is 16.8 Å². The maximum absolute atomic E-state index is 14.9. The van der Waals surface area contributed by atoms with E-state index in [4.69, 9.17) is 16.3 Å². The fraction of sp³-hybridized carbons (Fsp3) is 0.379. The summed E-state index contributed by atoms with van der Waals surface area (Å²) in [6, 6.07) is 20.1. The van der Waals surface area contributed by atoms with E-state index in [2.05, 4.69) is 58.7 Å². The van der Waals surface area contributed by atoms with E-state index in [1.165, 1.54) is 22.3 Å². The number of hydrogen-bond acceptors (Lipinski definition) is 2. The van der Waals surface area contributed by atoms with Gasteiger partial charge in [0, 0.05) is 6.54 Å². The minimum Gasteiger partial charge on any atom is -0.494 e. The first kappa shape index (κ1) is 26.7. The Bertz CT molecular complexity index is 1040. The van der Waals surface area contributed by atoms with Crippen molar-refractivity contribution in [3.8, 4) is 5.75 Å². The molecule has 2 nitrogen and oxygen atoms in total. The van der Waals surface area contributed by atoms with Crippen molar-refractivity contribution in [2.75, 3.05) is 19.3 Å². The van der Waals surface area contributed by atoms with Gasteiger partial charge in [-0.25, -0.2) is 4.39 Å². The second kappa shape index (κ2) is 13.8. The van der Waals surface area contributed by atoms with Crippen LogP contribution >= 0.6 is 20.8 Å². The smallest absolute Gasteiger partial charge is 0.145 e. The van der Waals surface area contributed by atoms with Crippen molar-refractivity contribution in [2.24, 2.45) is 0 Å². The summed E-state index contributed by atoms with van der Waals surface area (Å²) in [7, 11) is 2.75. The van der Waals surface area contributed by atoms with Crippen LogP contribution in [0.3, 0.4) is 0 Å². The lowest BCUT2D eigenvalue weighted by Crippen LogP contribution is -2.14. The van der Waals surface area contributed by atoms with Crippen molar-refractivity contribution in [1.82, 2.24) is 5.32 Å². The highest BCUT2D eigenvalue weighted by molar-refractivity contribution is 7.16. The van der Waals surface area contributed by atoms with E-state index in [9.17, 15) is 4.39 Å². The molecule has 3 aromatic rings. The van der Waals surface area contributed by atoms with Gasteiger partial charge in [0.05, 0.1) is 11.6 Å². The quantitative estimate of drug-likeness (QED) is 0.193. The van der Waals surface area contributed by atoms with Crippen LogP contribution in [0.25, 0.3) is 0 Å². The van der Waals surface area contributed by atoms with E-state index in [0.717, 1.165) is 50.7 Å². The molecule has 0 aliphatic heterocycles. The monoisotopic (exact) mass is 499 g/mol. The Kier molecular flexibility index (Phi) is 10.8. The minimum absolute atomic E-state index is 0.0411. The zero-order valence-electron chi connectivity index (χ0n) is 20.2. The van der Waals surface area contributed by atoms with Crippen molar-refractivity contribution in [1.29, 1.82) is 0 Å². The summed E-state index contributed by atoms with van der Waals surface area (Å²) in [5, 5.41) is 3.63. The predicted molar refractivity (Wildman–Crippen MR) is 146 cm³/mol. The van der Waals surface area contributed by atoms with Gasteiger partial charge in [-0.15, -0.1) is 9.24 Å². The Labute approximate surface area is 211 Å². The van der Waals surface area contributed by atoms with Crippen molar-refractivity contribution in [3.05, 3.63) is 99.3 Å². The average molecular weight is 500 g/mol. The number of ether oxygens (including phenoxy) is 1. The van der Waals surface area contributed by atoms with Crippen LogP contribution in [-0.4, -0.2) is 19.3 Å². The Balaban J connectivity index is 1.57. The van der Waals surface area contributed by atoms with Crippen molar-refractivity contribution >= 4 is 20.8 Å². The molecule has 182 valence electrons. The molecule has 0 spiro atoms. The number of halogens is 2. The molecule has 0 fully saturated rings. The number of hydrogen-bond donors (Lipinski definition) is 1. The van der Waals surface area contributed by atoms with Gasteiger partial charge in [0.1, 0.15) is 11.6 Å². The molecule has 0 heterocycles. The van der Waals surface area contributed by atoms with Gasteiger partial charge in [-0.1, -0.05) is 54.1 Å². The van der Waals surface area contributed by atoms with Crippen LogP contribution in [0.4, 0.5) is 4.39 Å². The van der Waals surface area contributed by atoms with Gasteiger partial charge in [0.15, 0.2) is 0 Å². The summed E-state index contributed by atoms with van der Waals surface area (Å²) >= 11 is 6.10. The Morgan fingerprint density at radius 1 is 0.971 bits per heavy atom. The van der Waals surface area contributed by atoms with E-state index < -0.39 is 0 Å². The molecule has 5 heteroatoms. The van der Waals surface area contributed by atoms with Crippen molar-refractivity contribution < 1.29 is 9.13 Å². The van der Waals surface area contributed by atoms with Gasteiger partial charge in [-0.3, -0.25) is 0 Å². The third kappa shape index (κ3) is 8.08. The summed E-state index contributed by atoms with van der Waals surface area (Å²) in [6.07, 6.45) is 4.71. The third-order valence-electron chi connectivity index (χ3n) is 6.25. The standard InChI is InChI=1S/C29H36ClFNOP/c1-21-9-10-24(18-22(21)2)19-25(27-7-3-8-28(30)29(27)31)6-4-16-33-26-13-11-23(12-14-26)20-32-15-5-17-34/h3,7-14,18,25,32H,4-6,15-17,19-20,34H2,1-2H3. The van der Waals surface area contributed by atoms with Gasteiger partial charge >= 0.3 is 0 Å². The van der Waals surface area contributed by atoms with Gasteiger partial charge in [-0.2, -0.15) is 0 Å². The first-order valence-electron chi connectivity index (χ1n) is 12.1. The van der Waals surface area contributed by atoms with Gasteiger partial charge < -0.3 is 10.1 Å². The van der Waals surface area contributed by atoms with Crippen LogP contribution in [0.5, 0.6) is 5.75 Å². The van der Waals surface area contributed by atoms with Crippen LogP contribution in [0.2, 0.25) is 5.02 Å². The Hall–Kier alpha value is -1.93. The molecule has 0 saturated carbocycles. The number of rotatable bonds is 13. The van der Waals surface area contributed by atoms with Crippen molar-refractivity contribution in [3.63, 3.8) is 0 Å².